The average molecular weight is 463 g/mol. The second-order valence-corrected chi connectivity index (χ2v) is 11.1. The van der Waals surface area contributed by atoms with Gasteiger partial charge in [0.1, 0.15) is 15.6 Å². The molecule has 0 radical (unpaired) electrons. The second-order valence-electron chi connectivity index (χ2n) is 7.00. The van der Waals surface area contributed by atoms with Crippen LogP contribution in [0.2, 0.25) is 0 Å². The van der Waals surface area contributed by atoms with Crippen molar-refractivity contribution in [2.75, 3.05) is 16.9 Å². The molecule has 11 heteroatoms. The predicted octanol–water partition coefficient (Wildman–Crippen LogP) is 3.26. The van der Waals surface area contributed by atoms with E-state index in [9.17, 15) is 18.0 Å². The van der Waals surface area contributed by atoms with Gasteiger partial charge in [-0.3, -0.25) is 14.9 Å². The Morgan fingerprint density at radius 3 is 2.83 bits per heavy atom. The summed E-state index contributed by atoms with van der Waals surface area (Å²) in [5.41, 5.74) is 4.01. The first-order valence-corrected chi connectivity index (χ1v) is 12.8. The molecule has 0 saturated heterocycles. The second kappa shape index (κ2) is 7.89. The number of nitrogens with one attached hydrogen (secondary N) is 2. The maximum absolute atomic E-state index is 12.6. The SMILES string of the molecule is Cc1nc(CS(C)(=O)=O)sc1C(=O)Nc1nc(-c2ccc3c(c2)CCC(=O)N3)cs1. The summed E-state index contributed by atoms with van der Waals surface area (Å²) in [6.45, 7) is 1.68. The number of sulfone groups is 1. The first-order chi connectivity index (χ1) is 14.2. The van der Waals surface area contributed by atoms with Crippen LogP contribution < -0.4 is 10.6 Å². The molecule has 0 spiro atoms. The van der Waals surface area contributed by atoms with Gasteiger partial charge in [-0.25, -0.2) is 18.4 Å². The molecule has 0 saturated carbocycles. The fraction of sp³-hybridized carbons (Fsp3) is 0.263. The minimum atomic E-state index is -3.22. The van der Waals surface area contributed by atoms with E-state index in [0.717, 1.165) is 40.1 Å². The van der Waals surface area contributed by atoms with Crippen molar-refractivity contribution in [3.05, 3.63) is 44.7 Å². The van der Waals surface area contributed by atoms with Gasteiger partial charge in [0.25, 0.3) is 5.91 Å². The Morgan fingerprint density at radius 2 is 2.07 bits per heavy atom. The molecule has 2 aromatic heterocycles. The maximum atomic E-state index is 12.6. The number of aromatic nitrogens is 2. The molecule has 2 N–H and O–H groups in total. The molecule has 30 heavy (non-hydrogen) atoms. The van der Waals surface area contributed by atoms with Crippen molar-refractivity contribution in [2.24, 2.45) is 0 Å². The molecule has 3 heterocycles. The Balaban J connectivity index is 1.50. The van der Waals surface area contributed by atoms with Crippen LogP contribution in [0.25, 0.3) is 11.3 Å². The monoisotopic (exact) mass is 462 g/mol. The van der Waals surface area contributed by atoms with Crippen LogP contribution in [0.1, 0.15) is 32.4 Å². The quantitative estimate of drug-likeness (QED) is 0.601. The average Bonchev–Trinajstić information content (AvgIpc) is 3.26. The molecule has 0 unspecified atom stereocenters. The Morgan fingerprint density at radius 1 is 1.27 bits per heavy atom. The van der Waals surface area contributed by atoms with Gasteiger partial charge in [-0.1, -0.05) is 6.07 Å². The van der Waals surface area contributed by atoms with Crippen molar-refractivity contribution in [2.45, 2.75) is 25.5 Å². The van der Waals surface area contributed by atoms with E-state index in [1.54, 1.807) is 6.92 Å². The lowest BCUT2D eigenvalue weighted by molar-refractivity contribution is -0.116. The van der Waals surface area contributed by atoms with Crippen molar-refractivity contribution >= 4 is 55.1 Å². The third kappa shape index (κ3) is 4.58. The van der Waals surface area contributed by atoms with E-state index < -0.39 is 9.84 Å². The Bertz CT molecular complexity index is 1260. The van der Waals surface area contributed by atoms with Gasteiger partial charge in [-0.2, -0.15) is 0 Å². The molecule has 156 valence electrons. The summed E-state index contributed by atoms with van der Waals surface area (Å²) >= 11 is 2.38. The minimum absolute atomic E-state index is 0.0203. The van der Waals surface area contributed by atoms with Crippen LogP contribution in [0.3, 0.4) is 0 Å². The van der Waals surface area contributed by atoms with Crippen molar-refractivity contribution in [1.82, 2.24) is 9.97 Å². The number of aryl methyl sites for hydroxylation is 2. The van der Waals surface area contributed by atoms with Gasteiger partial charge < -0.3 is 5.32 Å². The van der Waals surface area contributed by atoms with Crippen molar-refractivity contribution < 1.29 is 18.0 Å². The predicted molar refractivity (Wildman–Crippen MR) is 118 cm³/mol. The van der Waals surface area contributed by atoms with Crippen LogP contribution in [0.4, 0.5) is 10.8 Å². The highest BCUT2D eigenvalue weighted by atomic mass is 32.2. The number of hydrogen-bond acceptors (Lipinski definition) is 8. The molecular formula is C19H18N4O4S3. The van der Waals surface area contributed by atoms with E-state index in [-0.39, 0.29) is 17.6 Å². The van der Waals surface area contributed by atoms with E-state index in [1.807, 2.05) is 23.6 Å². The Hall–Kier alpha value is -2.63. The number of anilines is 2. The molecule has 8 nitrogen and oxygen atoms in total. The summed E-state index contributed by atoms with van der Waals surface area (Å²) in [6.07, 6.45) is 2.28. The molecule has 1 aliphatic rings. The van der Waals surface area contributed by atoms with Crippen LogP contribution in [-0.2, 0) is 26.8 Å². The molecule has 0 fully saturated rings. The number of benzene rings is 1. The van der Waals surface area contributed by atoms with Gasteiger partial charge >= 0.3 is 0 Å². The molecule has 0 atom stereocenters. The minimum Gasteiger partial charge on any atom is -0.326 e. The lowest BCUT2D eigenvalue weighted by Gasteiger charge is -2.17. The van der Waals surface area contributed by atoms with Crippen LogP contribution in [0.5, 0.6) is 0 Å². The molecule has 4 rings (SSSR count). The smallest absolute Gasteiger partial charge is 0.269 e. The van der Waals surface area contributed by atoms with Crippen LogP contribution >= 0.6 is 22.7 Å². The number of carbonyl (C=O) groups excluding carboxylic acids is 2. The zero-order valence-corrected chi connectivity index (χ0v) is 18.6. The third-order valence-corrected chi connectivity index (χ3v) is 7.35. The van der Waals surface area contributed by atoms with Gasteiger partial charge in [0.15, 0.2) is 15.0 Å². The highest BCUT2D eigenvalue weighted by Crippen LogP contribution is 2.31. The van der Waals surface area contributed by atoms with E-state index >= 15 is 0 Å². The number of thiazole rings is 2. The fourth-order valence-corrected chi connectivity index (χ4v) is 5.97. The summed E-state index contributed by atoms with van der Waals surface area (Å²) < 4.78 is 22.9. The Labute approximate surface area is 181 Å². The highest BCUT2D eigenvalue weighted by Gasteiger charge is 2.20. The molecular weight excluding hydrogens is 444 g/mol. The van der Waals surface area contributed by atoms with Gasteiger partial charge in [0.2, 0.25) is 5.91 Å². The summed E-state index contributed by atoms with van der Waals surface area (Å²) in [6, 6.07) is 5.75. The number of rotatable bonds is 5. The standard InChI is InChI=1S/C19H18N4O4S3/c1-10-17(29-16(20-10)9-30(2,26)27)18(25)23-19-22-14(8-28-19)12-3-5-13-11(7-12)4-6-15(24)21-13/h3,5,7-8H,4,6,9H2,1-2H3,(H,21,24)(H,22,23,25). The fourth-order valence-electron chi connectivity index (χ4n) is 3.11. The summed E-state index contributed by atoms with van der Waals surface area (Å²) in [5, 5.41) is 8.31. The zero-order valence-electron chi connectivity index (χ0n) is 16.2. The molecule has 1 aromatic carbocycles. The van der Waals surface area contributed by atoms with Crippen LogP contribution in [-0.4, -0.2) is 36.5 Å². The lowest BCUT2D eigenvalue weighted by atomic mass is 9.99. The normalized spacial score (nSPS) is 13.6. The van der Waals surface area contributed by atoms with E-state index in [2.05, 4.69) is 20.6 Å². The topological polar surface area (TPSA) is 118 Å². The molecule has 2 amide bonds. The summed E-state index contributed by atoms with van der Waals surface area (Å²) in [4.78, 5) is 33.2. The molecule has 0 bridgehead atoms. The van der Waals surface area contributed by atoms with Gasteiger partial charge in [0.05, 0.1) is 11.4 Å². The van der Waals surface area contributed by atoms with Gasteiger partial charge in [0, 0.05) is 29.3 Å². The highest BCUT2D eigenvalue weighted by molar-refractivity contribution is 7.90. The largest absolute Gasteiger partial charge is 0.326 e. The van der Waals surface area contributed by atoms with Crippen molar-refractivity contribution in [3.63, 3.8) is 0 Å². The zero-order chi connectivity index (χ0) is 21.5. The number of hydrogen-bond donors (Lipinski definition) is 2. The third-order valence-electron chi connectivity index (χ3n) is 4.45. The summed E-state index contributed by atoms with van der Waals surface area (Å²) in [7, 11) is -3.22. The van der Waals surface area contributed by atoms with Crippen molar-refractivity contribution in [3.8, 4) is 11.3 Å². The van der Waals surface area contributed by atoms with E-state index in [1.165, 1.54) is 11.3 Å². The first-order valence-electron chi connectivity index (χ1n) is 9.02. The Kier molecular flexibility index (Phi) is 5.43. The van der Waals surface area contributed by atoms with Crippen molar-refractivity contribution in [1.29, 1.82) is 0 Å². The van der Waals surface area contributed by atoms with Crippen LogP contribution in [0, 0.1) is 6.92 Å². The molecule has 1 aliphatic heterocycles. The van der Waals surface area contributed by atoms with Crippen LogP contribution in [0.15, 0.2) is 23.6 Å². The molecule has 0 aliphatic carbocycles. The summed E-state index contributed by atoms with van der Waals surface area (Å²) in [5.74, 6) is -0.530. The number of carbonyl (C=O) groups is 2. The first kappa shape index (κ1) is 20.6. The van der Waals surface area contributed by atoms with Gasteiger partial charge in [-0.15, -0.1) is 22.7 Å². The number of fused-ring (bicyclic) bond motifs is 1. The maximum Gasteiger partial charge on any atom is 0.269 e. The van der Waals surface area contributed by atoms with E-state index in [4.69, 9.17) is 0 Å². The lowest BCUT2D eigenvalue weighted by Crippen LogP contribution is -2.18. The number of amides is 2. The molecule has 3 aromatic rings. The number of nitrogens with zero attached hydrogens (tertiary/aromatic N) is 2. The van der Waals surface area contributed by atoms with E-state index in [0.29, 0.717) is 33.6 Å². The van der Waals surface area contributed by atoms with Gasteiger partial charge in [-0.05, 0) is 31.0 Å².